The molecule has 2 unspecified atom stereocenters. The summed E-state index contributed by atoms with van der Waals surface area (Å²) in [6.45, 7) is 1.24. The highest BCUT2D eigenvalue weighted by Crippen LogP contribution is 2.32. The van der Waals surface area contributed by atoms with Crippen molar-refractivity contribution in [2.45, 2.75) is 19.1 Å². The Balaban J connectivity index is 2.32. The molecule has 4 N–H and O–H groups in total. The number of benzene rings is 2. The summed E-state index contributed by atoms with van der Waals surface area (Å²) in [6, 6.07) is 11.0. The first-order valence-electron chi connectivity index (χ1n) is 7.29. The summed E-state index contributed by atoms with van der Waals surface area (Å²) in [5.74, 6) is -1.63. The maximum absolute atomic E-state index is 14.8. The second kappa shape index (κ2) is 7.96. The molecule has 2 aromatic carbocycles. The monoisotopic (exact) mass is 366 g/mol. The molecule has 0 aromatic heterocycles. The molecule has 2 rings (SSSR count). The van der Waals surface area contributed by atoms with Gasteiger partial charge in [-0.25, -0.2) is 9.18 Å². The van der Waals surface area contributed by atoms with Gasteiger partial charge in [0, 0.05) is 16.1 Å². The Kier molecular flexibility index (Phi) is 5.95. The van der Waals surface area contributed by atoms with Crippen LogP contribution in [0, 0.1) is 5.82 Å². The number of aliphatic hydroxyl groups is 1. The van der Waals surface area contributed by atoms with E-state index in [9.17, 15) is 19.1 Å². The average Bonchev–Trinajstić information content (AvgIpc) is 2.55. The van der Waals surface area contributed by atoms with Crippen molar-refractivity contribution in [3.05, 3.63) is 53.3 Å². The van der Waals surface area contributed by atoms with Gasteiger partial charge in [0.15, 0.2) is 5.82 Å². The van der Waals surface area contributed by atoms with Crippen LogP contribution >= 0.6 is 11.6 Å². The molecule has 132 valence electrons. The van der Waals surface area contributed by atoms with Crippen LogP contribution in [-0.4, -0.2) is 29.3 Å². The second-order valence-corrected chi connectivity index (χ2v) is 5.64. The molecule has 0 saturated heterocycles. The van der Waals surface area contributed by atoms with E-state index in [1.807, 2.05) is 0 Å². The Hall–Kier alpha value is -2.64. The zero-order chi connectivity index (χ0) is 18.6. The van der Waals surface area contributed by atoms with E-state index < -0.39 is 30.0 Å². The topological polar surface area (TPSA) is 102 Å². The SMILES string of the molecule is CC(O)C(OC(N)=O)C(=O)Nc1cccc(-c2ccccc2Cl)c1F. The molecule has 0 saturated carbocycles. The van der Waals surface area contributed by atoms with Crippen molar-refractivity contribution in [2.24, 2.45) is 5.73 Å². The Labute approximate surface area is 148 Å². The number of anilines is 1. The van der Waals surface area contributed by atoms with Crippen LogP contribution in [0.1, 0.15) is 6.92 Å². The van der Waals surface area contributed by atoms with E-state index in [2.05, 4.69) is 10.1 Å². The van der Waals surface area contributed by atoms with Gasteiger partial charge in [-0.05, 0) is 19.1 Å². The molecule has 0 spiro atoms. The summed E-state index contributed by atoms with van der Waals surface area (Å²) in [5.41, 5.74) is 5.36. The van der Waals surface area contributed by atoms with Crippen LogP contribution in [-0.2, 0) is 9.53 Å². The summed E-state index contributed by atoms with van der Waals surface area (Å²) in [7, 11) is 0. The molecule has 0 bridgehead atoms. The smallest absolute Gasteiger partial charge is 0.405 e. The quantitative estimate of drug-likeness (QED) is 0.757. The second-order valence-electron chi connectivity index (χ2n) is 5.23. The summed E-state index contributed by atoms with van der Waals surface area (Å²) in [5, 5.41) is 12.2. The van der Waals surface area contributed by atoms with Gasteiger partial charge in [-0.3, -0.25) is 4.79 Å². The molecule has 2 atom stereocenters. The lowest BCUT2D eigenvalue weighted by Gasteiger charge is -2.19. The summed E-state index contributed by atoms with van der Waals surface area (Å²) >= 11 is 6.08. The van der Waals surface area contributed by atoms with E-state index in [0.717, 1.165) is 0 Å². The average molecular weight is 367 g/mol. The number of amides is 2. The Morgan fingerprint density at radius 1 is 1.20 bits per heavy atom. The van der Waals surface area contributed by atoms with Gasteiger partial charge in [0.05, 0.1) is 11.8 Å². The third-order valence-corrected chi connectivity index (χ3v) is 3.69. The number of halogens is 2. The van der Waals surface area contributed by atoms with Gasteiger partial charge in [-0.15, -0.1) is 0 Å². The number of carbonyl (C=O) groups is 2. The Morgan fingerprint density at radius 3 is 2.44 bits per heavy atom. The molecule has 2 aromatic rings. The Bertz CT molecular complexity index is 798. The van der Waals surface area contributed by atoms with Gasteiger partial charge < -0.3 is 20.9 Å². The van der Waals surface area contributed by atoms with Crippen molar-refractivity contribution in [2.75, 3.05) is 5.32 Å². The highest BCUT2D eigenvalue weighted by molar-refractivity contribution is 6.33. The van der Waals surface area contributed by atoms with Crippen LogP contribution in [0.2, 0.25) is 5.02 Å². The normalized spacial score (nSPS) is 13.0. The number of nitrogens with two attached hydrogens (primary N) is 1. The van der Waals surface area contributed by atoms with E-state index in [-0.39, 0.29) is 11.3 Å². The highest BCUT2D eigenvalue weighted by Gasteiger charge is 2.28. The molecule has 6 nitrogen and oxygen atoms in total. The van der Waals surface area contributed by atoms with E-state index in [4.69, 9.17) is 17.3 Å². The van der Waals surface area contributed by atoms with Crippen LogP contribution in [0.4, 0.5) is 14.9 Å². The lowest BCUT2D eigenvalue weighted by molar-refractivity contribution is -0.129. The Morgan fingerprint density at radius 2 is 1.84 bits per heavy atom. The number of rotatable bonds is 5. The van der Waals surface area contributed by atoms with E-state index in [1.54, 1.807) is 24.3 Å². The molecule has 0 aliphatic carbocycles. The summed E-state index contributed by atoms with van der Waals surface area (Å²) in [6.07, 6.45) is -4.13. The molecule has 8 heteroatoms. The number of carbonyl (C=O) groups excluding carboxylic acids is 2. The number of ether oxygens (including phenoxy) is 1. The summed E-state index contributed by atoms with van der Waals surface area (Å²) < 4.78 is 19.3. The lowest BCUT2D eigenvalue weighted by Crippen LogP contribution is -2.41. The fourth-order valence-corrected chi connectivity index (χ4v) is 2.45. The van der Waals surface area contributed by atoms with Crippen LogP contribution < -0.4 is 11.1 Å². The predicted molar refractivity (Wildman–Crippen MR) is 91.6 cm³/mol. The van der Waals surface area contributed by atoms with Gasteiger partial charge >= 0.3 is 6.09 Å². The van der Waals surface area contributed by atoms with Gasteiger partial charge in [-0.2, -0.15) is 0 Å². The largest absolute Gasteiger partial charge is 0.433 e. The minimum Gasteiger partial charge on any atom is -0.433 e. The third-order valence-electron chi connectivity index (χ3n) is 3.36. The third kappa shape index (κ3) is 4.46. The number of hydrogen-bond donors (Lipinski definition) is 3. The lowest BCUT2D eigenvalue weighted by atomic mass is 10.0. The molecule has 0 heterocycles. The van der Waals surface area contributed by atoms with Crippen molar-refractivity contribution in [3.8, 4) is 11.1 Å². The minimum absolute atomic E-state index is 0.152. The van der Waals surface area contributed by atoms with Crippen LogP contribution in [0.3, 0.4) is 0 Å². The van der Waals surface area contributed by atoms with Crippen LogP contribution in [0.5, 0.6) is 0 Å². The molecule has 0 aliphatic rings. The predicted octanol–water partition coefficient (Wildman–Crippen LogP) is 2.93. The molecule has 2 amide bonds. The van der Waals surface area contributed by atoms with Gasteiger partial charge in [0.25, 0.3) is 5.91 Å². The van der Waals surface area contributed by atoms with Crippen molar-refractivity contribution >= 4 is 29.3 Å². The first-order valence-corrected chi connectivity index (χ1v) is 7.67. The first kappa shape index (κ1) is 18.7. The van der Waals surface area contributed by atoms with Gasteiger partial charge in [-0.1, -0.05) is 41.9 Å². The van der Waals surface area contributed by atoms with Crippen molar-refractivity contribution in [1.29, 1.82) is 0 Å². The van der Waals surface area contributed by atoms with Gasteiger partial charge in [0.1, 0.15) is 0 Å². The summed E-state index contributed by atoms with van der Waals surface area (Å²) in [4.78, 5) is 23.0. The van der Waals surface area contributed by atoms with Crippen LogP contribution in [0.15, 0.2) is 42.5 Å². The zero-order valence-electron chi connectivity index (χ0n) is 13.2. The molecule has 25 heavy (non-hydrogen) atoms. The molecule has 0 aliphatic heterocycles. The fraction of sp³-hybridized carbons (Fsp3) is 0.176. The number of primary amides is 1. The molecular formula is C17H16ClFN2O4. The van der Waals surface area contributed by atoms with Gasteiger partial charge in [0.2, 0.25) is 6.10 Å². The molecule has 0 fully saturated rings. The fourth-order valence-electron chi connectivity index (χ4n) is 2.22. The number of aliphatic hydroxyl groups excluding tert-OH is 1. The molecule has 0 radical (unpaired) electrons. The maximum Gasteiger partial charge on any atom is 0.405 e. The van der Waals surface area contributed by atoms with Crippen molar-refractivity contribution in [1.82, 2.24) is 0 Å². The van der Waals surface area contributed by atoms with E-state index in [1.165, 1.54) is 25.1 Å². The van der Waals surface area contributed by atoms with E-state index in [0.29, 0.717) is 10.6 Å². The van der Waals surface area contributed by atoms with Crippen molar-refractivity contribution in [3.63, 3.8) is 0 Å². The number of nitrogens with one attached hydrogen (secondary N) is 1. The zero-order valence-corrected chi connectivity index (χ0v) is 14.0. The maximum atomic E-state index is 14.8. The number of hydrogen-bond acceptors (Lipinski definition) is 4. The van der Waals surface area contributed by atoms with E-state index >= 15 is 0 Å². The van der Waals surface area contributed by atoms with Crippen molar-refractivity contribution < 1.29 is 23.8 Å². The standard InChI is InChI=1S/C17H16ClFN2O4/c1-9(22)15(25-17(20)24)16(23)21-13-8-4-6-11(14(13)19)10-5-2-3-7-12(10)18/h2-9,15,22H,1H3,(H2,20,24)(H,21,23). The van der Waals surface area contributed by atoms with Crippen LogP contribution in [0.25, 0.3) is 11.1 Å². The highest BCUT2D eigenvalue weighted by atomic mass is 35.5. The molecular weight excluding hydrogens is 351 g/mol. The first-order chi connectivity index (χ1) is 11.8. The minimum atomic E-state index is -1.57.